The molecule has 0 aliphatic carbocycles. The molecule has 0 fully saturated rings. The Bertz CT molecular complexity index is 177. The number of hydrogen-bond donors (Lipinski definition) is 1. The number of nitrogens with zero attached hydrogens (tertiary/aromatic N) is 2. The van der Waals surface area contributed by atoms with E-state index < -0.39 is 0 Å². The first-order valence-corrected chi connectivity index (χ1v) is 5.36. The zero-order valence-corrected chi connectivity index (χ0v) is 8.79. The zero-order chi connectivity index (χ0) is 9.68. The Hall–Kier alpha value is -0.730. The summed E-state index contributed by atoms with van der Waals surface area (Å²) in [6.07, 6.45) is 5.16. The van der Waals surface area contributed by atoms with Crippen molar-refractivity contribution < 1.29 is 0 Å². The molecule has 0 bridgehead atoms. The van der Waals surface area contributed by atoms with Gasteiger partial charge < -0.3 is 10.6 Å². The van der Waals surface area contributed by atoms with Crippen molar-refractivity contribution in [1.82, 2.24) is 4.90 Å². The summed E-state index contributed by atoms with van der Waals surface area (Å²) in [6, 6.07) is 0.580. The van der Waals surface area contributed by atoms with Crippen LogP contribution >= 0.6 is 0 Å². The SMILES string of the molecule is CCCCCC1CN=C(N)N1CC. The van der Waals surface area contributed by atoms with Gasteiger partial charge >= 0.3 is 0 Å². The van der Waals surface area contributed by atoms with Crippen LogP contribution in [0, 0.1) is 0 Å². The number of unbranched alkanes of at least 4 members (excludes halogenated alkanes) is 2. The minimum absolute atomic E-state index is 0.580. The molecule has 1 aliphatic rings. The second-order valence-corrected chi connectivity index (χ2v) is 3.63. The van der Waals surface area contributed by atoms with Crippen molar-refractivity contribution in [3.05, 3.63) is 0 Å². The number of rotatable bonds is 5. The fraction of sp³-hybridized carbons (Fsp3) is 0.900. The summed E-state index contributed by atoms with van der Waals surface area (Å²) in [5.41, 5.74) is 5.76. The van der Waals surface area contributed by atoms with Crippen molar-refractivity contribution in [1.29, 1.82) is 0 Å². The summed E-state index contributed by atoms with van der Waals surface area (Å²) in [5, 5.41) is 0. The maximum atomic E-state index is 5.76. The Morgan fingerprint density at radius 2 is 2.23 bits per heavy atom. The van der Waals surface area contributed by atoms with Crippen LogP contribution in [0.1, 0.15) is 39.5 Å². The lowest BCUT2D eigenvalue weighted by atomic mass is 10.1. The molecule has 0 aromatic carbocycles. The molecule has 1 heterocycles. The number of nitrogens with two attached hydrogens (primary N) is 1. The Morgan fingerprint density at radius 1 is 1.46 bits per heavy atom. The molecule has 76 valence electrons. The van der Waals surface area contributed by atoms with Crippen molar-refractivity contribution in [2.45, 2.75) is 45.6 Å². The molecular formula is C10H21N3. The van der Waals surface area contributed by atoms with E-state index in [1.807, 2.05) is 0 Å². The highest BCUT2D eigenvalue weighted by molar-refractivity contribution is 5.80. The highest BCUT2D eigenvalue weighted by Crippen LogP contribution is 2.14. The molecule has 0 amide bonds. The molecule has 0 spiro atoms. The van der Waals surface area contributed by atoms with Crippen molar-refractivity contribution in [3.63, 3.8) is 0 Å². The van der Waals surface area contributed by atoms with Gasteiger partial charge in [0.15, 0.2) is 5.96 Å². The summed E-state index contributed by atoms with van der Waals surface area (Å²) in [5.74, 6) is 0.740. The van der Waals surface area contributed by atoms with E-state index in [9.17, 15) is 0 Å². The van der Waals surface area contributed by atoms with Crippen molar-refractivity contribution in [2.75, 3.05) is 13.1 Å². The van der Waals surface area contributed by atoms with Gasteiger partial charge in [0.1, 0.15) is 0 Å². The molecule has 13 heavy (non-hydrogen) atoms. The van der Waals surface area contributed by atoms with E-state index in [1.165, 1.54) is 25.7 Å². The molecule has 2 N–H and O–H groups in total. The molecule has 3 nitrogen and oxygen atoms in total. The standard InChI is InChI=1S/C10H21N3/c1-3-5-6-7-9-8-12-10(11)13(9)4-2/h9H,3-8H2,1-2H3,(H2,11,12). The molecule has 0 saturated heterocycles. The third-order valence-corrected chi connectivity index (χ3v) is 2.68. The predicted molar refractivity (Wildman–Crippen MR) is 56.8 cm³/mol. The molecular weight excluding hydrogens is 162 g/mol. The zero-order valence-electron chi connectivity index (χ0n) is 8.79. The van der Waals surface area contributed by atoms with Crippen LogP contribution in [-0.2, 0) is 0 Å². The smallest absolute Gasteiger partial charge is 0.191 e. The minimum atomic E-state index is 0.580. The van der Waals surface area contributed by atoms with Gasteiger partial charge in [-0.3, -0.25) is 4.99 Å². The van der Waals surface area contributed by atoms with E-state index in [2.05, 4.69) is 23.7 Å². The number of aliphatic imine (C=N–C) groups is 1. The van der Waals surface area contributed by atoms with Crippen molar-refractivity contribution >= 4 is 5.96 Å². The lowest BCUT2D eigenvalue weighted by Crippen LogP contribution is -2.40. The van der Waals surface area contributed by atoms with Crippen LogP contribution in [-0.4, -0.2) is 30.0 Å². The predicted octanol–water partition coefficient (Wildman–Crippen LogP) is 1.59. The third kappa shape index (κ3) is 2.61. The van der Waals surface area contributed by atoms with E-state index in [0.717, 1.165) is 19.0 Å². The lowest BCUT2D eigenvalue weighted by Gasteiger charge is -2.24. The summed E-state index contributed by atoms with van der Waals surface area (Å²) < 4.78 is 0. The van der Waals surface area contributed by atoms with E-state index in [0.29, 0.717) is 6.04 Å². The van der Waals surface area contributed by atoms with Crippen molar-refractivity contribution in [3.8, 4) is 0 Å². The Labute approximate surface area is 81.0 Å². The van der Waals surface area contributed by atoms with Crippen LogP contribution in [0.2, 0.25) is 0 Å². The monoisotopic (exact) mass is 183 g/mol. The maximum absolute atomic E-state index is 5.76. The van der Waals surface area contributed by atoms with Gasteiger partial charge in [0.2, 0.25) is 0 Å². The van der Waals surface area contributed by atoms with Gasteiger partial charge in [0.25, 0.3) is 0 Å². The Morgan fingerprint density at radius 3 is 2.85 bits per heavy atom. The van der Waals surface area contributed by atoms with E-state index in [4.69, 9.17) is 5.73 Å². The van der Waals surface area contributed by atoms with Crippen LogP contribution in [0.5, 0.6) is 0 Å². The normalized spacial score (nSPS) is 22.2. The van der Waals surface area contributed by atoms with E-state index >= 15 is 0 Å². The fourth-order valence-electron chi connectivity index (χ4n) is 1.87. The fourth-order valence-corrected chi connectivity index (χ4v) is 1.87. The topological polar surface area (TPSA) is 41.6 Å². The van der Waals surface area contributed by atoms with E-state index in [-0.39, 0.29) is 0 Å². The van der Waals surface area contributed by atoms with Gasteiger partial charge in [0.05, 0.1) is 12.6 Å². The van der Waals surface area contributed by atoms with E-state index in [1.54, 1.807) is 0 Å². The molecule has 0 aromatic rings. The second-order valence-electron chi connectivity index (χ2n) is 3.63. The second kappa shape index (κ2) is 5.10. The molecule has 3 heteroatoms. The summed E-state index contributed by atoms with van der Waals surface area (Å²) in [4.78, 5) is 6.49. The molecule has 1 unspecified atom stereocenters. The van der Waals surface area contributed by atoms with Gasteiger partial charge in [-0.05, 0) is 13.3 Å². The highest BCUT2D eigenvalue weighted by Gasteiger charge is 2.23. The van der Waals surface area contributed by atoms with Gasteiger partial charge in [0, 0.05) is 6.54 Å². The largest absolute Gasteiger partial charge is 0.370 e. The third-order valence-electron chi connectivity index (χ3n) is 2.68. The lowest BCUT2D eigenvalue weighted by molar-refractivity contribution is 0.329. The average Bonchev–Trinajstić information content (AvgIpc) is 2.47. The van der Waals surface area contributed by atoms with Gasteiger partial charge in [-0.25, -0.2) is 0 Å². The first-order valence-electron chi connectivity index (χ1n) is 5.36. The van der Waals surface area contributed by atoms with Crippen LogP contribution in [0.3, 0.4) is 0 Å². The summed E-state index contributed by atoms with van der Waals surface area (Å²) in [6.45, 7) is 6.27. The molecule has 0 aromatic heterocycles. The first kappa shape index (κ1) is 10.4. The molecule has 1 rings (SSSR count). The summed E-state index contributed by atoms with van der Waals surface area (Å²) >= 11 is 0. The summed E-state index contributed by atoms with van der Waals surface area (Å²) in [7, 11) is 0. The number of likely N-dealkylation sites (N-methyl/N-ethyl adjacent to an activating group) is 1. The molecule has 0 saturated carbocycles. The maximum Gasteiger partial charge on any atom is 0.191 e. The Balaban J connectivity index is 2.28. The average molecular weight is 183 g/mol. The molecule has 1 aliphatic heterocycles. The van der Waals surface area contributed by atoms with Crippen LogP contribution < -0.4 is 5.73 Å². The van der Waals surface area contributed by atoms with Crippen LogP contribution in [0.25, 0.3) is 0 Å². The van der Waals surface area contributed by atoms with Gasteiger partial charge in [-0.2, -0.15) is 0 Å². The minimum Gasteiger partial charge on any atom is -0.370 e. The Kier molecular flexibility index (Phi) is 4.06. The molecule has 1 atom stereocenters. The molecule has 0 radical (unpaired) electrons. The first-order chi connectivity index (χ1) is 6.29. The van der Waals surface area contributed by atoms with Crippen LogP contribution in [0.15, 0.2) is 4.99 Å². The highest BCUT2D eigenvalue weighted by atomic mass is 15.3. The van der Waals surface area contributed by atoms with Gasteiger partial charge in [-0.15, -0.1) is 0 Å². The number of hydrogen-bond acceptors (Lipinski definition) is 3. The van der Waals surface area contributed by atoms with Crippen molar-refractivity contribution in [2.24, 2.45) is 10.7 Å². The van der Waals surface area contributed by atoms with Crippen LogP contribution in [0.4, 0.5) is 0 Å². The quantitative estimate of drug-likeness (QED) is 0.658. The van der Waals surface area contributed by atoms with Gasteiger partial charge in [-0.1, -0.05) is 26.2 Å². The number of guanidine groups is 1.